The van der Waals surface area contributed by atoms with E-state index >= 15 is 0 Å². The number of carbonyl (C=O) groups excluding carboxylic acids is 1. The maximum atomic E-state index is 11.6. The summed E-state index contributed by atoms with van der Waals surface area (Å²) < 4.78 is 6.47. The topological polar surface area (TPSA) is 70.1 Å². The normalized spacial score (nSPS) is 22.0. The summed E-state index contributed by atoms with van der Waals surface area (Å²) in [5, 5.41) is 3.82. The Morgan fingerprint density at radius 2 is 2.62 bits per heavy atom. The third-order valence-electron chi connectivity index (χ3n) is 2.04. The van der Waals surface area contributed by atoms with Crippen molar-refractivity contribution in [1.29, 1.82) is 0 Å². The maximum absolute atomic E-state index is 11.6. The lowest BCUT2D eigenvalue weighted by Gasteiger charge is -2.06. The highest BCUT2D eigenvalue weighted by Gasteiger charge is 2.25. The minimum absolute atomic E-state index is 0.130. The van der Waals surface area contributed by atoms with Gasteiger partial charge in [-0.25, -0.2) is 4.68 Å². The summed E-state index contributed by atoms with van der Waals surface area (Å²) in [6.07, 6.45) is 2.93. The van der Waals surface area contributed by atoms with E-state index in [0.717, 1.165) is 12.8 Å². The second-order valence-corrected chi connectivity index (χ2v) is 3.03. The molecule has 0 amide bonds. The van der Waals surface area contributed by atoms with Gasteiger partial charge < -0.3 is 10.5 Å². The molecule has 1 aliphatic heterocycles. The largest absolute Gasteiger partial charge is 0.382 e. The van der Waals surface area contributed by atoms with Crippen molar-refractivity contribution in [2.45, 2.75) is 18.9 Å². The summed E-state index contributed by atoms with van der Waals surface area (Å²) in [7, 11) is 0. The standard InChI is InChI=1S/C8H11N3O2/c9-7-3-4-11(10-7)8(12)6-2-1-5-13-6/h3-4,6H,1-2,5H2,(H2,9,10). The molecule has 1 aromatic rings. The summed E-state index contributed by atoms with van der Waals surface area (Å²) >= 11 is 0. The van der Waals surface area contributed by atoms with Gasteiger partial charge >= 0.3 is 0 Å². The lowest BCUT2D eigenvalue weighted by molar-refractivity contribution is 0.0538. The number of nitrogens with two attached hydrogens (primary N) is 1. The highest BCUT2D eigenvalue weighted by atomic mass is 16.5. The van der Waals surface area contributed by atoms with Gasteiger partial charge in [-0.15, -0.1) is 5.10 Å². The summed E-state index contributed by atoms with van der Waals surface area (Å²) in [5.74, 6) is 0.223. The zero-order chi connectivity index (χ0) is 9.26. The molecule has 0 bridgehead atoms. The van der Waals surface area contributed by atoms with E-state index < -0.39 is 0 Å². The van der Waals surface area contributed by atoms with Gasteiger partial charge in [0.15, 0.2) is 0 Å². The fourth-order valence-electron chi connectivity index (χ4n) is 1.38. The average Bonchev–Trinajstić information content (AvgIpc) is 2.72. The minimum Gasteiger partial charge on any atom is -0.382 e. The molecular weight excluding hydrogens is 170 g/mol. The van der Waals surface area contributed by atoms with E-state index in [0.29, 0.717) is 12.4 Å². The fraction of sp³-hybridized carbons (Fsp3) is 0.500. The van der Waals surface area contributed by atoms with Gasteiger partial charge in [-0.2, -0.15) is 0 Å². The van der Waals surface area contributed by atoms with Crippen molar-refractivity contribution in [2.24, 2.45) is 0 Å². The van der Waals surface area contributed by atoms with Crippen LogP contribution in [-0.4, -0.2) is 28.4 Å². The molecule has 5 heteroatoms. The number of aromatic nitrogens is 2. The molecule has 0 aromatic carbocycles. The number of carbonyl (C=O) groups is 1. The van der Waals surface area contributed by atoms with E-state index in [-0.39, 0.29) is 12.0 Å². The van der Waals surface area contributed by atoms with Gasteiger partial charge in [0.25, 0.3) is 5.91 Å². The van der Waals surface area contributed by atoms with E-state index in [1.54, 1.807) is 12.3 Å². The molecule has 1 aliphatic rings. The zero-order valence-corrected chi connectivity index (χ0v) is 7.14. The van der Waals surface area contributed by atoms with Gasteiger partial charge in [0.05, 0.1) is 0 Å². The molecule has 0 spiro atoms. The number of nitrogens with zero attached hydrogens (tertiary/aromatic N) is 2. The number of anilines is 1. The van der Waals surface area contributed by atoms with Gasteiger partial charge in [-0.3, -0.25) is 4.79 Å². The Morgan fingerprint density at radius 3 is 3.15 bits per heavy atom. The number of nitrogen functional groups attached to an aromatic ring is 1. The molecule has 5 nitrogen and oxygen atoms in total. The SMILES string of the molecule is Nc1ccn(C(=O)C2CCCO2)n1. The maximum Gasteiger partial charge on any atom is 0.275 e. The van der Waals surface area contributed by atoms with Crippen molar-refractivity contribution < 1.29 is 9.53 Å². The average molecular weight is 181 g/mol. The van der Waals surface area contributed by atoms with E-state index in [9.17, 15) is 4.79 Å². The van der Waals surface area contributed by atoms with Gasteiger partial charge in [-0.05, 0) is 12.8 Å². The summed E-state index contributed by atoms with van der Waals surface area (Å²) in [4.78, 5) is 11.6. The van der Waals surface area contributed by atoms with Crippen LogP contribution in [0.25, 0.3) is 0 Å². The van der Waals surface area contributed by atoms with E-state index in [1.165, 1.54) is 4.68 Å². The van der Waals surface area contributed by atoms with Crippen molar-refractivity contribution >= 4 is 11.7 Å². The summed E-state index contributed by atoms with van der Waals surface area (Å²) in [5.41, 5.74) is 5.39. The first-order valence-electron chi connectivity index (χ1n) is 4.24. The van der Waals surface area contributed by atoms with Crippen LogP contribution in [0.15, 0.2) is 12.3 Å². The van der Waals surface area contributed by atoms with Crippen LogP contribution in [0.2, 0.25) is 0 Å². The third kappa shape index (κ3) is 1.55. The first-order valence-corrected chi connectivity index (χ1v) is 4.24. The summed E-state index contributed by atoms with van der Waals surface area (Å²) in [6.45, 7) is 0.660. The fourth-order valence-corrected chi connectivity index (χ4v) is 1.38. The first kappa shape index (κ1) is 8.25. The molecular formula is C8H11N3O2. The van der Waals surface area contributed by atoms with Crippen LogP contribution in [0.5, 0.6) is 0 Å². The summed E-state index contributed by atoms with van der Waals surface area (Å²) in [6, 6.07) is 1.59. The molecule has 1 atom stereocenters. The van der Waals surface area contributed by atoms with Gasteiger partial charge in [-0.1, -0.05) is 0 Å². The molecule has 0 saturated carbocycles. The third-order valence-corrected chi connectivity index (χ3v) is 2.04. The Hall–Kier alpha value is -1.36. The van der Waals surface area contributed by atoms with Crippen LogP contribution in [0, 0.1) is 0 Å². The Balaban J connectivity index is 2.12. The van der Waals surface area contributed by atoms with Crippen LogP contribution < -0.4 is 5.73 Å². The molecule has 2 N–H and O–H groups in total. The second-order valence-electron chi connectivity index (χ2n) is 3.03. The number of rotatable bonds is 1. The zero-order valence-electron chi connectivity index (χ0n) is 7.14. The molecule has 1 aromatic heterocycles. The first-order chi connectivity index (χ1) is 6.27. The smallest absolute Gasteiger partial charge is 0.275 e. The predicted molar refractivity (Wildman–Crippen MR) is 46.2 cm³/mol. The Morgan fingerprint density at radius 1 is 1.77 bits per heavy atom. The van der Waals surface area contributed by atoms with Crippen molar-refractivity contribution in [2.75, 3.05) is 12.3 Å². The van der Waals surface area contributed by atoms with Gasteiger partial charge in [0.1, 0.15) is 11.9 Å². The number of hydrogen-bond donors (Lipinski definition) is 1. The lowest BCUT2D eigenvalue weighted by atomic mass is 10.2. The van der Waals surface area contributed by atoms with Gasteiger partial charge in [0.2, 0.25) is 0 Å². The predicted octanol–water partition coefficient (Wildman–Crippen LogP) is 0.284. The number of hydrogen-bond acceptors (Lipinski definition) is 4. The van der Waals surface area contributed by atoms with Crippen molar-refractivity contribution in [3.63, 3.8) is 0 Å². The molecule has 70 valence electrons. The highest BCUT2D eigenvalue weighted by molar-refractivity contribution is 5.83. The molecule has 13 heavy (non-hydrogen) atoms. The van der Waals surface area contributed by atoms with Gasteiger partial charge in [0, 0.05) is 18.9 Å². The molecule has 0 radical (unpaired) electrons. The molecule has 2 rings (SSSR count). The molecule has 1 saturated heterocycles. The Labute approximate surface area is 75.5 Å². The van der Waals surface area contributed by atoms with Crippen LogP contribution in [0.4, 0.5) is 5.82 Å². The molecule has 1 fully saturated rings. The highest BCUT2D eigenvalue weighted by Crippen LogP contribution is 2.13. The van der Waals surface area contributed by atoms with Crippen LogP contribution in [0.1, 0.15) is 17.6 Å². The van der Waals surface area contributed by atoms with Crippen LogP contribution in [0.3, 0.4) is 0 Å². The van der Waals surface area contributed by atoms with Crippen molar-refractivity contribution in [1.82, 2.24) is 9.78 Å². The quantitative estimate of drug-likeness (QED) is 0.675. The monoisotopic (exact) mass is 181 g/mol. The van der Waals surface area contributed by atoms with E-state index in [4.69, 9.17) is 10.5 Å². The van der Waals surface area contributed by atoms with Crippen molar-refractivity contribution in [3.8, 4) is 0 Å². The van der Waals surface area contributed by atoms with Crippen molar-refractivity contribution in [3.05, 3.63) is 12.3 Å². The van der Waals surface area contributed by atoms with Crippen LogP contribution >= 0.6 is 0 Å². The van der Waals surface area contributed by atoms with E-state index in [2.05, 4.69) is 5.10 Å². The van der Waals surface area contributed by atoms with Crippen LogP contribution in [-0.2, 0) is 4.74 Å². The Kier molecular flexibility index (Phi) is 2.02. The molecule has 0 aliphatic carbocycles. The lowest BCUT2D eigenvalue weighted by Crippen LogP contribution is -2.26. The Bertz CT molecular complexity index is 315. The number of ether oxygens (including phenoxy) is 1. The molecule has 1 unspecified atom stereocenters. The van der Waals surface area contributed by atoms with E-state index in [1.807, 2.05) is 0 Å². The minimum atomic E-state index is -0.334. The molecule has 2 heterocycles. The second kappa shape index (κ2) is 3.18.